The first kappa shape index (κ1) is 23.1. The number of cyclic esters (lactones) is 1. The van der Waals surface area contributed by atoms with E-state index in [0.717, 1.165) is 24.8 Å². The fraction of sp³-hybridized carbons (Fsp3) is 0.640. The van der Waals surface area contributed by atoms with E-state index in [2.05, 4.69) is 11.4 Å². The molecule has 2 aliphatic rings. The maximum Gasteiger partial charge on any atom is 0.407 e. The standard InChI is InChI=1S/C25H34N2O4/c1-25(2,3)31-24(29)27-22(13-17-9-5-4-6-10-17)21-15-20(30-23(21)28)14-18-11-7-8-12-19(18)16-26/h7-8,11-12,17,20-22H,4-6,9-10,13-15H2,1-3H3,(H,27,29)/t20-,21-,22+/m1/s1. The Morgan fingerprint density at radius 1 is 1.26 bits per heavy atom. The number of carbonyl (C=O) groups excluding carboxylic acids is 2. The van der Waals surface area contributed by atoms with Gasteiger partial charge in [-0.1, -0.05) is 50.3 Å². The Labute approximate surface area is 185 Å². The van der Waals surface area contributed by atoms with Gasteiger partial charge in [0.2, 0.25) is 0 Å². The predicted octanol–water partition coefficient (Wildman–Crippen LogP) is 4.90. The number of nitriles is 1. The molecule has 1 aromatic rings. The number of alkyl carbamates (subject to hydrolysis) is 1. The topological polar surface area (TPSA) is 88.4 Å². The smallest absolute Gasteiger partial charge is 0.407 e. The molecule has 0 aromatic heterocycles. The highest BCUT2D eigenvalue weighted by molar-refractivity contribution is 5.77. The third-order valence-electron chi connectivity index (χ3n) is 6.19. The van der Waals surface area contributed by atoms with E-state index in [1.54, 1.807) is 6.07 Å². The number of amides is 1. The van der Waals surface area contributed by atoms with Crippen molar-refractivity contribution < 1.29 is 19.1 Å². The van der Waals surface area contributed by atoms with Crippen LogP contribution in [0.25, 0.3) is 0 Å². The fourth-order valence-electron chi connectivity index (χ4n) is 4.75. The molecular weight excluding hydrogens is 392 g/mol. The van der Waals surface area contributed by atoms with Crippen molar-refractivity contribution in [3.05, 3.63) is 35.4 Å². The summed E-state index contributed by atoms with van der Waals surface area (Å²) in [5.41, 5.74) is 0.888. The molecule has 1 heterocycles. The van der Waals surface area contributed by atoms with Gasteiger partial charge >= 0.3 is 12.1 Å². The van der Waals surface area contributed by atoms with Gasteiger partial charge in [0.1, 0.15) is 11.7 Å². The van der Waals surface area contributed by atoms with Crippen LogP contribution in [0.3, 0.4) is 0 Å². The van der Waals surface area contributed by atoms with E-state index >= 15 is 0 Å². The van der Waals surface area contributed by atoms with Gasteiger partial charge in [-0.15, -0.1) is 0 Å². The minimum absolute atomic E-state index is 0.267. The molecule has 1 saturated carbocycles. The lowest BCUT2D eigenvalue weighted by Gasteiger charge is -2.30. The average Bonchev–Trinajstić information content (AvgIpc) is 3.07. The molecule has 0 radical (unpaired) electrons. The van der Waals surface area contributed by atoms with Crippen molar-refractivity contribution in [3.63, 3.8) is 0 Å². The highest BCUT2D eigenvalue weighted by atomic mass is 16.6. The monoisotopic (exact) mass is 426 g/mol. The van der Waals surface area contributed by atoms with E-state index in [0.29, 0.717) is 24.3 Å². The summed E-state index contributed by atoms with van der Waals surface area (Å²) in [6, 6.07) is 9.30. The predicted molar refractivity (Wildman–Crippen MR) is 117 cm³/mol. The number of hydrogen-bond donors (Lipinski definition) is 1. The molecule has 1 aliphatic heterocycles. The van der Waals surface area contributed by atoms with Crippen molar-refractivity contribution in [1.29, 1.82) is 5.26 Å². The lowest BCUT2D eigenvalue weighted by molar-refractivity contribution is -0.145. The molecule has 3 rings (SSSR count). The first-order valence-corrected chi connectivity index (χ1v) is 11.4. The van der Waals surface area contributed by atoms with Crippen LogP contribution in [-0.2, 0) is 20.7 Å². The number of nitrogens with zero attached hydrogens (tertiary/aromatic N) is 1. The SMILES string of the molecule is CC(C)(C)OC(=O)N[C@@H](CC1CCCCC1)[C@H]1C[C@@H](Cc2ccccc2C#N)OC1=O. The van der Waals surface area contributed by atoms with Gasteiger partial charge in [0.05, 0.1) is 17.6 Å². The van der Waals surface area contributed by atoms with Gasteiger partial charge in [-0.3, -0.25) is 4.79 Å². The number of rotatable bonds is 6. The molecule has 3 atom stereocenters. The Bertz CT molecular complexity index is 818. The molecule has 168 valence electrons. The Morgan fingerprint density at radius 2 is 1.97 bits per heavy atom. The van der Waals surface area contributed by atoms with Crippen LogP contribution in [0, 0.1) is 23.2 Å². The van der Waals surface area contributed by atoms with Crippen LogP contribution in [-0.4, -0.2) is 29.8 Å². The Balaban J connectivity index is 1.70. The van der Waals surface area contributed by atoms with Crippen LogP contribution in [0.15, 0.2) is 24.3 Å². The van der Waals surface area contributed by atoms with Gasteiger partial charge in [-0.2, -0.15) is 5.26 Å². The average molecular weight is 427 g/mol. The van der Waals surface area contributed by atoms with Crippen LogP contribution in [0.2, 0.25) is 0 Å². The largest absolute Gasteiger partial charge is 0.462 e. The number of nitrogens with one attached hydrogen (secondary N) is 1. The second-order valence-electron chi connectivity index (χ2n) is 9.87. The number of esters is 1. The molecule has 1 aliphatic carbocycles. The molecule has 2 fully saturated rings. The fourth-order valence-corrected chi connectivity index (χ4v) is 4.75. The van der Waals surface area contributed by atoms with E-state index in [-0.39, 0.29) is 18.1 Å². The molecule has 1 aromatic carbocycles. The lowest BCUT2D eigenvalue weighted by atomic mass is 9.81. The zero-order valence-electron chi connectivity index (χ0n) is 18.9. The molecule has 31 heavy (non-hydrogen) atoms. The van der Waals surface area contributed by atoms with Gasteiger partial charge in [-0.05, 0) is 51.2 Å². The third-order valence-corrected chi connectivity index (χ3v) is 6.19. The first-order valence-electron chi connectivity index (χ1n) is 11.4. The molecular formula is C25H34N2O4. The zero-order valence-corrected chi connectivity index (χ0v) is 18.9. The minimum atomic E-state index is -0.598. The van der Waals surface area contributed by atoms with E-state index in [1.807, 2.05) is 39.0 Å². The molecule has 0 unspecified atom stereocenters. The van der Waals surface area contributed by atoms with Gasteiger partial charge in [0.25, 0.3) is 0 Å². The molecule has 1 saturated heterocycles. The number of benzene rings is 1. The summed E-state index contributed by atoms with van der Waals surface area (Å²) < 4.78 is 11.2. The van der Waals surface area contributed by atoms with Gasteiger partial charge in [0, 0.05) is 12.5 Å². The number of hydrogen-bond acceptors (Lipinski definition) is 5. The molecule has 1 amide bonds. The molecule has 1 N–H and O–H groups in total. The third kappa shape index (κ3) is 6.72. The summed E-state index contributed by atoms with van der Waals surface area (Å²) in [7, 11) is 0. The maximum absolute atomic E-state index is 12.8. The Hall–Kier alpha value is -2.55. The van der Waals surface area contributed by atoms with Crippen LogP contribution in [0.5, 0.6) is 0 Å². The highest BCUT2D eigenvalue weighted by Gasteiger charge is 2.41. The van der Waals surface area contributed by atoms with Gasteiger partial charge in [0.15, 0.2) is 0 Å². The first-order chi connectivity index (χ1) is 14.7. The van der Waals surface area contributed by atoms with Crippen molar-refractivity contribution >= 4 is 12.1 Å². The summed E-state index contributed by atoms with van der Waals surface area (Å²) in [4.78, 5) is 25.3. The molecule has 6 heteroatoms. The lowest BCUT2D eigenvalue weighted by Crippen LogP contribution is -2.45. The Morgan fingerprint density at radius 3 is 2.65 bits per heavy atom. The minimum Gasteiger partial charge on any atom is -0.462 e. The van der Waals surface area contributed by atoms with E-state index < -0.39 is 17.6 Å². The summed E-state index contributed by atoms with van der Waals surface area (Å²) in [6.45, 7) is 5.49. The van der Waals surface area contributed by atoms with E-state index in [9.17, 15) is 14.9 Å². The summed E-state index contributed by atoms with van der Waals surface area (Å²) in [6.07, 6.45) is 6.95. The van der Waals surface area contributed by atoms with Crippen molar-refractivity contribution in [2.45, 2.75) is 89.9 Å². The van der Waals surface area contributed by atoms with Crippen LogP contribution in [0.1, 0.15) is 76.8 Å². The van der Waals surface area contributed by atoms with Crippen LogP contribution in [0.4, 0.5) is 4.79 Å². The number of carbonyl (C=O) groups is 2. The van der Waals surface area contributed by atoms with E-state index in [4.69, 9.17) is 9.47 Å². The van der Waals surface area contributed by atoms with Crippen molar-refractivity contribution in [2.75, 3.05) is 0 Å². The van der Waals surface area contributed by atoms with Crippen LogP contribution >= 0.6 is 0 Å². The second kappa shape index (κ2) is 10.2. The summed E-state index contributed by atoms with van der Waals surface area (Å²) >= 11 is 0. The van der Waals surface area contributed by atoms with Crippen LogP contribution < -0.4 is 5.32 Å². The van der Waals surface area contributed by atoms with Crippen molar-refractivity contribution in [3.8, 4) is 6.07 Å². The molecule has 0 bridgehead atoms. The quantitative estimate of drug-likeness (QED) is 0.654. The highest BCUT2D eigenvalue weighted by Crippen LogP contribution is 2.34. The second-order valence-corrected chi connectivity index (χ2v) is 9.87. The zero-order chi connectivity index (χ0) is 22.4. The number of ether oxygens (including phenoxy) is 2. The Kier molecular flexibility index (Phi) is 7.59. The van der Waals surface area contributed by atoms with E-state index in [1.165, 1.54) is 19.3 Å². The summed E-state index contributed by atoms with van der Waals surface area (Å²) in [5, 5.41) is 12.3. The summed E-state index contributed by atoms with van der Waals surface area (Å²) in [5.74, 6) is -0.162. The molecule has 6 nitrogen and oxygen atoms in total. The van der Waals surface area contributed by atoms with Gasteiger partial charge < -0.3 is 14.8 Å². The maximum atomic E-state index is 12.8. The van der Waals surface area contributed by atoms with Crippen molar-refractivity contribution in [2.24, 2.45) is 11.8 Å². The molecule has 0 spiro atoms. The van der Waals surface area contributed by atoms with Gasteiger partial charge in [-0.25, -0.2) is 4.79 Å². The normalized spacial score (nSPS) is 23.0. The van der Waals surface area contributed by atoms with Crippen molar-refractivity contribution in [1.82, 2.24) is 5.32 Å².